The zero-order valence-corrected chi connectivity index (χ0v) is 14.1. The number of halogens is 4. The quantitative estimate of drug-likeness (QED) is 0.694. The number of carbonyl (C=O) groups is 1. The highest BCUT2D eigenvalue weighted by molar-refractivity contribution is 9.10. The number of carboxylic acids is 1. The highest BCUT2D eigenvalue weighted by Crippen LogP contribution is 2.42. The summed E-state index contributed by atoms with van der Waals surface area (Å²) in [6.07, 6.45) is 0. The second-order valence-corrected chi connectivity index (χ2v) is 5.67. The minimum atomic E-state index is -1.29. The van der Waals surface area contributed by atoms with Gasteiger partial charge in [-0.1, -0.05) is 23.2 Å². The average Bonchev–Trinajstić information content (AvgIpc) is 2.49. The van der Waals surface area contributed by atoms with E-state index in [0.29, 0.717) is 4.47 Å². The summed E-state index contributed by atoms with van der Waals surface area (Å²) in [5, 5.41) is 17.2. The Morgan fingerprint density at radius 2 is 2.04 bits per heavy atom. The predicted molar refractivity (Wildman–Crippen MR) is 83.2 cm³/mol. The van der Waals surface area contributed by atoms with Gasteiger partial charge in [-0.3, -0.25) is 0 Å². The van der Waals surface area contributed by atoms with Gasteiger partial charge in [0, 0.05) is 0 Å². The number of aromatic nitrogens is 1. The zero-order valence-electron chi connectivity index (χ0n) is 11.0. The highest BCUT2D eigenvalue weighted by atomic mass is 79.9. The molecule has 2 N–H and O–H groups in total. The predicted octanol–water partition coefficient (Wildman–Crippen LogP) is 4.25. The van der Waals surface area contributed by atoms with Crippen LogP contribution in [0.5, 0.6) is 23.1 Å². The fraction of sp³-hybridized carbons (Fsp3) is 0.0769. The lowest BCUT2D eigenvalue weighted by atomic mass is 10.3. The summed E-state index contributed by atoms with van der Waals surface area (Å²) in [6, 6.07) is 4.13. The van der Waals surface area contributed by atoms with Gasteiger partial charge in [-0.15, -0.1) is 0 Å². The SMILES string of the molecule is O=C(O)COc1nc(F)c(Cl)c(Oc2ccc(O)c(Br)c2)c1Cl. The van der Waals surface area contributed by atoms with Crippen molar-refractivity contribution in [1.29, 1.82) is 0 Å². The van der Waals surface area contributed by atoms with Crippen molar-refractivity contribution in [3.8, 4) is 23.1 Å². The molecule has 23 heavy (non-hydrogen) atoms. The molecule has 122 valence electrons. The number of nitrogens with zero attached hydrogens (tertiary/aromatic N) is 1. The average molecular weight is 427 g/mol. The van der Waals surface area contributed by atoms with Gasteiger partial charge in [0.15, 0.2) is 12.4 Å². The van der Waals surface area contributed by atoms with E-state index in [1.165, 1.54) is 18.2 Å². The second-order valence-electron chi connectivity index (χ2n) is 4.06. The molecule has 0 saturated heterocycles. The van der Waals surface area contributed by atoms with Gasteiger partial charge in [0.1, 0.15) is 21.5 Å². The Morgan fingerprint density at radius 1 is 1.35 bits per heavy atom. The molecule has 10 heteroatoms. The van der Waals surface area contributed by atoms with Gasteiger partial charge in [-0.2, -0.15) is 9.37 Å². The van der Waals surface area contributed by atoms with E-state index in [4.69, 9.17) is 37.8 Å². The summed E-state index contributed by atoms with van der Waals surface area (Å²) in [5.41, 5.74) is 0. The molecule has 0 unspecified atom stereocenters. The van der Waals surface area contributed by atoms with Crippen LogP contribution in [-0.2, 0) is 4.79 Å². The standard InChI is InChI=1S/C13H7BrCl2FNO5/c14-6-3-5(1-2-7(6)19)23-11-9(15)12(17)18-13(10(11)16)22-4-8(20)21/h1-3,19H,4H2,(H,20,21). The summed E-state index contributed by atoms with van der Waals surface area (Å²) < 4.78 is 24.2. The van der Waals surface area contributed by atoms with Crippen LogP contribution < -0.4 is 9.47 Å². The number of aliphatic carboxylic acids is 1. The minimum Gasteiger partial charge on any atom is -0.507 e. The molecule has 0 bridgehead atoms. The van der Waals surface area contributed by atoms with Crippen LogP contribution in [0.15, 0.2) is 22.7 Å². The Balaban J connectivity index is 2.39. The maximum absolute atomic E-state index is 13.7. The van der Waals surface area contributed by atoms with Gasteiger partial charge in [-0.25, -0.2) is 4.79 Å². The first-order valence-corrected chi connectivity index (χ1v) is 7.40. The first-order valence-electron chi connectivity index (χ1n) is 5.85. The highest BCUT2D eigenvalue weighted by Gasteiger charge is 2.21. The molecule has 0 saturated carbocycles. The Kier molecular flexibility index (Phi) is 5.51. The van der Waals surface area contributed by atoms with Crippen molar-refractivity contribution in [3.63, 3.8) is 0 Å². The number of ether oxygens (including phenoxy) is 2. The number of phenols is 1. The van der Waals surface area contributed by atoms with E-state index in [9.17, 15) is 14.3 Å². The number of pyridine rings is 1. The Hall–Kier alpha value is -1.77. The van der Waals surface area contributed by atoms with E-state index in [2.05, 4.69) is 20.9 Å². The molecule has 1 heterocycles. The molecule has 0 aliphatic rings. The molecular formula is C13H7BrCl2FNO5. The number of hydrogen-bond donors (Lipinski definition) is 2. The zero-order chi connectivity index (χ0) is 17.1. The summed E-state index contributed by atoms with van der Waals surface area (Å²) in [4.78, 5) is 13.8. The second kappa shape index (κ2) is 7.20. The van der Waals surface area contributed by atoms with Gasteiger partial charge >= 0.3 is 5.97 Å². The molecule has 0 spiro atoms. The lowest BCUT2D eigenvalue weighted by Crippen LogP contribution is -2.11. The number of phenolic OH excluding ortho intramolecular Hbond substituents is 1. The summed E-state index contributed by atoms with van der Waals surface area (Å²) in [7, 11) is 0. The van der Waals surface area contributed by atoms with Crippen LogP contribution in [0.3, 0.4) is 0 Å². The number of benzene rings is 1. The Bertz CT molecular complexity index is 775. The van der Waals surface area contributed by atoms with Gasteiger partial charge in [0.05, 0.1) is 4.47 Å². The molecule has 0 amide bonds. The molecule has 0 fully saturated rings. The van der Waals surface area contributed by atoms with E-state index in [0.717, 1.165) is 0 Å². The van der Waals surface area contributed by atoms with Crippen LogP contribution in [0.4, 0.5) is 4.39 Å². The number of carboxylic acid groups (broad SMARTS) is 1. The molecule has 6 nitrogen and oxygen atoms in total. The molecule has 1 aromatic carbocycles. The van der Waals surface area contributed by atoms with Crippen molar-refractivity contribution < 1.29 is 28.9 Å². The van der Waals surface area contributed by atoms with Crippen molar-refractivity contribution in [1.82, 2.24) is 4.98 Å². The van der Waals surface area contributed by atoms with Crippen molar-refractivity contribution in [2.24, 2.45) is 0 Å². The first kappa shape index (κ1) is 17.6. The summed E-state index contributed by atoms with van der Waals surface area (Å²) >= 11 is 14.8. The lowest BCUT2D eigenvalue weighted by Gasteiger charge is -2.13. The van der Waals surface area contributed by atoms with Crippen LogP contribution >= 0.6 is 39.1 Å². The maximum Gasteiger partial charge on any atom is 0.341 e. The topological polar surface area (TPSA) is 88.9 Å². The van der Waals surface area contributed by atoms with Crippen LogP contribution in [0.25, 0.3) is 0 Å². The van der Waals surface area contributed by atoms with Crippen LogP contribution in [0, 0.1) is 5.95 Å². The molecule has 1 aromatic heterocycles. The van der Waals surface area contributed by atoms with E-state index < -0.39 is 29.4 Å². The van der Waals surface area contributed by atoms with E-state index in [1.807, 2.05) is 0 Å². The number of rotatable bonds is 5. The van der Waals surface area contributed by atoms with Crippen LogP contribution in [0.2, 0.25) is 10.0 Å². The first-order chi connectivity index (χ1) is 10.8. The third-order valence-electron chi connectivity index (χ3n) is 2.44. The Morgan fingerprint density at radius 3 is 2.65 bits per heavy atom. The third-order valence-corrected chi connectivity index (χ3v) is 3.73. The summed E-state index contributed by atoms with van der Waals surface area (Å²) in [6.45, 7) is -0.766. The number of aromatic hydroxyl groups is 1. The molecule has 0 atom stereocenters. The number of hydrogen-bond acceptors (Lipinski definition) is 5. The molecule has 0 aliphatic heterocycles. The summed E-state index contributed by atoms with van der Waals surface area (Å²) in [5.74, 6) is -3.02. The van der Waals surface area contributed by atoms with E-state index in [1.54, 1.807) is 0 Å². The van der Waals surface area contributed by atoms with Gasteiger partial charge in [0.2, 0.25) is 11.8 Å². The molecule has 2 aromatic rings. The van der Waals surface area contributed by atoms with Crippen molar-refractivity contribution in [2.75, 3.05) is 6.61 Å². The van der Waals surface area contributed by atoms with Gasteiger partial charge in [-0.05, 0) is 34.1 Å². The fourth-order valence-corrected chi connectivity index (χ4v) is 2.27. The van der Waals surface area contributed by atoms with Gasteiger partial charge in [0.25, 0.3) is 0 Å². The van der Waals surface area contributed by atoms with Crippen LogP contribution in [-0.4, -0.2) is 27.8 Å². The van der Waals surface area contributed by atoms with E-state index in [-0.39, 0.29) is 22.3 Å². The monoisotopic (exact) mass is 425 g/mol. The maximum atomic E-state index is 13.7. The van der Waals surface area contributed by atoms with Crippen LogP contribution in [0.1, 0.15) is 0 Å². The largest absolute Gasteiger partial charge is 0.507 e. The minimum absolute atomic E-state index is 0.0269. The normalized spacial score (nSPS) is 10.4. The van der Waals surface area contributed by atoms with Crippen molar-refractivity contribution in [2.45, 2.75) is 0 Å². The lowest BCUT2D eigenvalue weighted by molar-refractivity contribution is -0.139. The van der Waals surface area contributed by atoms with Gasteiger partial charge < -0.3 is 19.7 Å². The third kappa shape index (κ3) is 4.15. The van der Waals surface area contributed by atoms with Crippen molar-refractivity contribution >= 4 is 45.1 Å². The fourth-order valence-electron chi connectivity index (χ4n) is 1.46. The molecular weight excluding hydrogens is 420 g/mol. The Labute approximate surface area is 147 Å². The van der Waals surface area contributed by atoms with Crippen molar-refractivity contribution in [3.05, 3.63) is 38.7 Å². The van der Waals surface area contributed by atoms with E-state index >= 15 is 0 Å². The molecule has 2 rings (SSSR count). The molecule has 0 radical (unpaired) electrons. The molecule has 0 aliphatic carbocycles. The smallest absolute Gasteiger partial charge is 0.341 e.